The molecule has 3 aliphatic rings. The Bertz CT molecular complexity index is 1600. The Kier molecular flexibility index (Phi) is 6.24. The highest BCUT2D eigenvalue weighted by molar-refractivity contribution is 5.99. The molecular weight excluding hydrogens is 509 g/mol. The molecule has 2 saturated heterocycles. The smallest absolute Gasteiger partial charge is 0.319 e. The molecule has 2 bridgehead atoms. The van der Waals surface area contributed by atoms with E-state index in [-0.39, 0.29) is 41.0 Å². The average Bonchev–Trinajstić information content (AvgIpc) is 3.52. The zero-order valence-corrected chi connectivity index (χ0v) is 22.7. The third-order valence-corrected chi connectivity index (χ3v) is 9.27. The van der Waals surface area contributed by atoms with Crippen LogP contribution in [0.25, 0.3) is 32.9 Å². The highest BCUT2D eigenvalue weighted by Gasteiger charge is 2.45. The quantitative estimate of drug-likeness (QED) is 0.360. The van der Waals surface area contributed by atoms with E-state index in [1.54, 1.807) is 18.3 Å². The van der Waals surface area contributed by atoms with Gasteiger partial charge in [0.25, 0.3) is 0 Å². The van der Waals surface area contributed by atoms with Crippen LogP contribution in [0.4, 0.5) is 10.2 Å². The number of halogens is 1. The minimum atomic E-state index is -0.573. The normalized spacial score (nSPS) is 24.8. The molecule has 2 N–H and O–H groups in total. The highest BCUT2D eigenvalue weighted by atomic mass is 19.1. The van der Waals surface area contributed by atoms with Gasteiger partial charge in [-0.2, -0.15) is 9.97 Å². The van der Waals surface area contributed by atoms with Crippen LogP contribution in [0, 0.1) is 17.2 Å². The Hall–Kier alpha value is -3.56. The number of rotatable bonds is 6. The second-order valence-electron chi connectivity index (χ2n) is 12.0. The minimum Gasteiger partial charge on any atom is -0.508 e. The van der Waals surface area contributed by atoms with Gasteiger partial charge in [-0.3, -0.25) is 4.98 Å². The Morgan fingerprint density at radius 3 is 2.85 bits per heavy atom. The van der Waals surface area contributed by atoms with Gasteiger partial charge in [0.05, 0.1) is 12.0 Å². The molecule has 40 heavy (non-hydrogen) atoms. The van der Waals surface area contributed by atoms with Crippen LogP contribution in [0.5, 0.6) is 11.8 Å². The van der Waals surface area contributed by atoms with E-state index in [2.05, 4.69) is 26.8 Å². The van der Waals surface area contributed by atoms with Gasteiger partial charge in [0.2, 0.25) is 0 Å². The first-order valence-corrected chi connectivity index (χ1v) is 14.2. The average molecular weight is 544 g/mol. The molecule has 1 aliphatic carbocycles. The minimum absolute atomic E-state index is 0.0428. The lowest BCUT2D eigenvalue weighted by Gasteiger charge is -2.40. The molecule has 8 nitrogen and oxygen atoms in total. The molecule has 2 aromatic heterocycles. The molecule has 208 valence electrons. The zero-order chi connectivity index (χ0) is 27.4. The van der Waals surface area contributed by atoms with Crippen LogP contribution in [0.2, 0.25) is 0 Å². The van der Waals surface area contributed by atoms with Crippen molar-refractivity contribution >= 4 is 27.5 Å². The van der Waals surface area contributed by atoms with Crippen LogP contribution in [0.1, 0.15) is 32.1 Å². The summed E-state index contributed by atoms with van der Waals surface area (Å²) in [5.41, 5.74) is 0.602. The molecule has 0 radical (unpaired) electrons. The van der Waals surface area contributed by atoms with Crippen molar-refractivity contribution in [3.63, 3.8) is 0 Å². The van der Waals surface area contributed by atoms with Crippen molar-refractivity contribution in [1.82, 2.24) is 19.9 Å². The van der Waals surface area contributed by atoms with E-state index in [0.717, 1.165) is 56.0 Å². The molecule has 3 atom stereocenters. The van der Waals surface area contributed by atoms with E-state index in [1.165, 1.54) is 0 Å². The summed E-state index contributed by atoms with van der Waals surface area (Å²) >= 11 is 0. The van der Waals surface area contributed by atoms with Gasteiger partial charge < -0.3 is 24.7 Å². The molecule has 3 fully saturated rings. The molecule has 0 spiro atoms. The standard InChI is InChI=1S/C31H34FN5O3/c1-36-10-4-6-21(36)16-40-30-34-28-25(29(35-30)37-15-19-8-9-31(13-19,17-37)18-38)14-33-27(26(28)32)24-12-22(39)11-20-5-2-3-7-23(20)24/h2-3,5,7,11-12,14,19,21,38-39H,4,6,8-10,13,15-18H2,1H3/t19?,21-,31?/m0/s1. The fourth-order valence-corrected chi connectivity index (χ4v) is 7.13. The van der Waals surface area contributed by atoms with Crippen molar-refractivity contribution in [3.8, 4) is 23.0 Å². The summed E-state index contributed by atoms with van der Waals surface area (Å²) in [4.78, 5) is 18.4. The molecule has 0 amide bonds. The Morgan fingerprint density at radius 1 is 1.15 bits per heavy atom. The number of nitrogens with zero attached hydrogens (tertiary/aromatic N) is 5. The molecule has 2 aliphatic heterocycles. The number of aromatic hydroxyl groups is 1. The first kappa shape index (κ1) is 25.4. The van der Waals surface area contributed by atoms with Crippen LogP contribution in [-0.2, 0) is 0 Å². The summed E-state index contributed by atoms with van der Waals surface area (Å²) in [6.07, 6.45) is 6.84. The topological polar surface area (TPSA) is 94.8 Å². The zero-order valence-electron chi connectivity index (χ0n) is 22.7. The van der Waals surface area contributed by atoms with Crippen LogP contribution in [0.15, 0.2) is 42.6 Å². The number of anilines is 1. The van der Waals surface area contributed by atoms with Gasteiger partial charge in [-0.1, -0.05) is 24.3 Å². The van der Waals surface area contributed by atoms with Crippen molar-refractivity contribution in [2.75, 3.05) is 44.8 Å². The molecule has 9 heteroatoms. The fourth-order valence-electron chi connectivity index (χ4n) is 7.13. The number of aliphatic hydroxyl groups excluding tert-OH is 1. The maximum absolute atomic E-state index is 16.5. The second kappa shape index (κ2) is 9.82. The van der Waals surface area contributed by atoms with E-state index >= 15 is 4.39 Å². The number of fused-ring (bicyclic) bond motifs is 4. The van der Waals surface area contributed by atoms with Crippen molar-refractivity contribution in [2.24, 2.45) is 11.3 Å². The van der Waals surface area contributed by atoms with Crippen molar-refractivity contribution in [1.29, 1.82) is 0 Å². The molecule has 2 aromatic carbocycles. The number of aromatic nitrogens is 3. The Balaban J connectivity index is 1.36. The monoisotopic (exact) mass is 543 g/mol. The number of piperidine rings is 1. The summed E-state index contributed by atoms with van der Waals surface area (Å²) in [6, 6.07) is 11.2. The van der Waals surface area contributed by atoms with E-state index in [1.807, 2.05) is 24.3 Å². The van der Waals surface area contributed by atoms with Gasteiger partial charge in [-0.05, 0) is 74.5 Å². The summed E-state index contributed by atoms with van der Waals surface area (Å²) in [5.74, 6) is 0.527. The molecule has 4 heterocycles. The van der Waals surface area contributed by atoms with Crippen molar-refractivity contribution < 1.29 is 19.3 Å². The second-order valence-corrected chi connectivity index (χ2v) is 12.0. The number of phenols is 1. The number of hydrogen-bond acceptors (Lipinski definition) is 8. The number of hydrogen-bond donors (Lipinski definition) is 2. The van der Waals surface area contributed by atoms with Gasteiger partial charge in [0, 0.05) is 36.3 Å². The lowest BCUT2D eigenvalue weighted by atomic mass is 9.83. The first-order chi connectivity index (χ1) is 19.4. The summed E-state index contributed by atoms with van der Waals surface area (Å²) in [6.45, 7) is 3.03. The fraction of sp³-hybridized carbons (Fsp3) is 0.452. The van der Waals surface area contributed by atoms with Crippen LogP contribution < -0.4 is 9.64 Å². The van der Waals surface area contributed by atoms with Gasteiger partial charge in [0.1, 0.15) is 29.4 Å². The van der Waals surface area contributed by atoms with Crippen LogP contribution in [-0.4, -0.2) is 76.0 Å². The van der Waals surface area contributed by atoms with Gasteiger partial charge in [0.15, 0.2) is 5.82 Å². The summed E-state index contributed by atoms with van der Waals surface area (Å²) in [5, 5.41) is 22.8. The van der Waals surface area contributed by atoms with E-state index in [0.29, 0.717) is 35.8 Å². The lowest BCUT2D eigenvalue weighted by molar-refractivity contribution is 0.120. The van der Waals surface area contributed by atoms with Crippen molar-refractivity contribution in [2.45, 2.75) is 38.1 Å². The van der Waals surface area contributed by atoms with Gasteiger partial charge in [-0.15, -0.1) is 0 Å². The molecule has 4 aromatic rings. The number of benzene rings is 2. The van der Waals surface area contributed by atoms with Crippen LogP contribution in [0.3, 0.4) is 0 Å². The highest BCUT2D eigenvalue weighted by Crippen LogP contribution is 2.48. The van der Waals surface area contributed by atoms with E-state index in [4.69, 9.17) is 9.72 Å². The molecular formula is C31H34FN5O3. The third-order valence-electron chi connectivity index (χ3n) is 9.27. The number of pyridine rings is 1. The Labute approximate surface area is 232 Å². The number of phenolic OH excluding ortho intramolecular Hbond substituents is 1. The molecule has 7 rings (SSSR count). The number of likely N-dealkylation sites (N-methyl/N-ethyl adjacent to an activating group) is 1. The van der Waals surface area contributed by atoms with Crippen LogP contribution >= 0.6 is 0 Å². The first-order valence-electron chi connectivity index (χ1n) is 14.2. The largest absolute Gasteiger partial charge is 0.508 e. The Morgan fingerprint density at radius 2 is 2.02 bits per heavy atom. The number of likely N-dealkylation sites (tertiary alicyclic amines) is 1. The van der Waals surface area contributed by atoms with Gasteiger partial charge in [-0.25, -0.2) is 4.39 Å². The maximum Gasteiger partial charge on any atom is 0.319 e. The molecule has 2 unspecified atom stereocenters. The lowest BCUT2D eigenvalue weighted by Crippen LogP contribution is -2.45. The maximum atomic E-state index is 16.5. The summed E-state index contributed by atoms with van der Waals surface area (Å²) < 4.78 is 22.6. The van der Waals surface area contributed by atoms with E-state index in [9.17, 15) is 10.2 Å². The SMILES string of the molecule is CN1CCC[C@H]1COc1nc(N2CC3CCC(CO)(C3)C2)c2cnc(-c3cc(O)cc4ccccc34)c(F)c2n1. The summed E-state index contributed by atoms with van der Waals surface area (Å²) in [7, 11) is 2.09. The number of aliphatic hydroxyl groups is 1. The molecule has 1 saturated carbocycles. The predicted octanol–water partition coefficient (Wildman–Crippen LogP) is 4.76. The van der Waals surface area contributed by atoms with E-state index < -0.39 is 5.82 Å². The number of ether oxygens (including phenoxy) is 1. The predicted molar refractivity (Wildman–Crippen MR) is 152 cm³/mol. The third kappa shape index (κ3) is 4.32. The van der Waals surface area contributed by atoms with Crippen molar-refractivity contribution in [3.05, 3.63) is 48.4 Å². The van der Waals surface area contributed by atoms with Gasteiger partial charge >= 0.3 is 6.01 Å².